The number of nitrogens with two attached hydrogens (primary N) is 1. The topological polar surface area (TPSA) is 48.1 Å². The Morgan fingerprint density at radius 1 is 1.25 bits per heavy atom. The van der Waals surface area contributed by atoms with Crippen LogP contribution >= 0.6 is 11.6 Å². The zero-order valence-electron chi connectivity index (χ0n) is 8.15. The molecule has 82 valence electrons. The molecule has 2 N–H and O–H groups in total. The maximum Gasteiger partial charge on any atom is 0.167 e. The maximum atomic E-state index is 13.4. The lowest BCUT2D eigenvalue weighted by Gasteiger charge is -2.07. The highest BCUT2D eigenvalue weighted by Gasteiger charge is 2.07. The van der Waals surface area contributed by atoms with Gasteiger partial charge in [0, 0.05) is 30.2 Å². The van der Waals surface area contributed by atoms with E-state index in [1.165, 1.54) is 24.5 Å². The molecule has 0 aliphatic heterocycles. The van der Waals surface area contributed by atoms with Gasteiger partial charge in [0.1, 0.15) is 10.8 Å². The van der Waals surface area contributed by atoms with Crippen molar-refractivity contribution in [2.45, 2.75) is 0 Å². The molecule has 0 atom stereocenters. The third-order valence-corrected chi connectivity index (χ3v) is 2.19. The fourth-order valence-corrected chi connectivity index (χ4v) is 1.32. The predicted molar refractivity (Wildman–Crippen MR) is 60.1 cm³/mol. The molecule has 5 heteroatoms. The smallest absolute Gasteiger partial charge is 0.167 e. The Labute approximate surface area is 96.6 Å². The molecule has 0 radical (unpaired) electrons. The van der Waals surface area contributed by atoms with Gasteiger partial charge in [-0.15, -0.1) is 0 Å². The molecular weight excluding hydrogens is 231 g/mol. The van der Waals surface area contributed by atoms with Crippen molar-refractivity contribution in [3.05, 3.63) is 47.5 Å². The summed E-state index contributed by atoms with van der Waals surface area (Å²) in [7, 11) is 0. The van der Waals surface area contributed by atoms with E-state index >= 15 is 0 Å². The second kappa shape index (κ2) is 4.37. The van der Waals surface area contributed by atoms with Gasteiger partial charge in [-0.25, -0.2) is 4.39 Å². The average Bonchev–Trinajstić information content (AvgIpc) is 2.25. The molecular formula is C11H8ClFN2O. The lowest BCUT2D eigenvalue weighted by Crippen LogP contribution is -1.92. The third kappa shape index (κ3) is 2.23. The van der Waals surface area contributed by atoms with Crippen LogP contribution in [0, 0.1) is 5.82 Å². The van der Waals surface area contributed by atoms with Crippen LogP contribution in [0.2, 0.25) is 5.02 Å². The van der Waals surface area contributed by atoms with Crippen LogP contribution in [-0.2, 0) is 0 Å². The highest BCUT2D eigenvalue weighted by atomic mass is 35.5. The summed E-state index contributed by atoms with van der Waals surface area (Å²) in [6.45, 7) is 0. The summed E-state index contributed by atoms with van der Waals surface area (Å²) in [4.78, 5) is 3.80. The van der Waals surface area contributed by atoms with Crippen molar-refractivity contribution in [2.75, 3.05) is 5.73 Å². The summed E-state index contributed by atoms with van der Waals surface area (Å²) < 4.78 is 18.7. The summed E-state index contributed by atoms with van der Waals surface area (Å²) in [5, 5.41) is 0.318. The van der Waals surface area contributed by atoms with Crippen molar-refractivity contribution >= 4 is 17.3 Å². The van der Waals surface area contributed by atoms with Crippen LogP contribution in [-0.4, -0.2) is 4.98 Å². The lowest BCUT2D eigenvalue weighted by molar-refractivity contribution is 0.442. The number of halogens is 2. The molecule has 0 unspecified atom stereocenters. The van der Waals surface area contributed by atoms with Gasteiger partial charge in [0.05, 0.1) is 0 Å². The van der Waals surface area contributed by atoms with E-state index in [0.29, 0.717) is 16.5 Å². The zero-order valence-corrected chi connectivity index (χ0v) is 8.91. The SMILES string of the molecule is Nc1ccc(Oc2ccncc2Cl)c(F)c1. The standard InChI is InChI=1S/C11H8ClFN2O/c12-8-6-15-4-3-10(8)16-11-2-1-7(14)5-9(11)13/h1-6H,14H2. The molecule has 3 nitrogen and oxygen atoms in total. The van der Waals surface area contributed by atoms with Crippen LogP contribution in [0.3, 0.4) is 0 Å². The minimum Gasteiger partial charge on any atom is -0.453 e. The number of nitrogen functional groups attached to an aromatic ring is 1. The van der Waals surface area contributed by atoms with E-state index < -0.39 is 5.82 Å². The Balaban J connectivity index is 2.31. The van der Waals surface area contributed by atoms with Crippen molar-refractivity contribution in [1.82, 2.24) is 4.98 Å². The number of nitrogens with zero attached hydrogens (tertiary/aromatic N) is 1. The summed E-state index contributed by atoms with van der Waals surface area (Å²) in [5.41, 5.74) is 5.76. The van der Waals surface area contributed by atoms with Gasteiger partial charge in [-0.1, -0.05) is 11.6 Å². The fraction of sp³-hybridized carbons (Fsp3) is 0. The molecule has 0 amide bonds. The van der Waals surface area contributed by atoms with Crippen LogP contribution < -0.4 is 10.5 Å². The minimum absolute atomic E-state index is 0.0716. The van der Waals surface area contributed by atoms with E-state index in [0.717, 1.165) is 0 Å². The summed E-state index contributed by atoms with van der Waals surface area (Å²) in [6, 6.07) is 5.73. The van der Waals surface area contributed by atoms with Crippen molar-refractivity contribution in [2.24, 2.45) is 0 Å². The molecule has 1 aromatic carbocycles. The van der Waals surface area contributed by atoms with Gasteiger partial charge in [-0.3, -0.25) is 4.98 Å². The Bertz CT molecular complexity index is 519. The second-order valence-electron chi connectivity index (χ2n) is 3.10. The molecule has 16 heavy (non-hydrogen) atoms. The van der Waals surface area contributed by atoms with Gasteiger partial charge >= 0.3 is 0 Å². The van der Waals surface area contributed by atoms with Crippen LogP contribution in [0.15, 0.2) is 36.7 Å². The molecule has 0 aliphatic carbocycles. The average molecular weight is 239 g/mol. The number of anilines is 1. The number of aromatic nitrogens is 1. The van der Waals surface area contributed by atoms with Crippen LogP contribution in [0.1, 0.15) is 0 Å². The summed E-state index contributed by atoms with van der Waals surface area (Å²) in [6.07, 6.45) is 2.93. The molecule has 1 aromatic heterocycles. The number of rotatable bonds is 2. The van der Waals surface area contributed by atoms with Crippen LogP contribution in [0.5, 0.6) is 11.5 Å². The first-order valence-corrected chi connectivity index (χ1v) is 4.87. The fourth-order valence-electron chi connectivity index (χ4n) is 1.16. The van der Waals surface area contributed by atoms with E-state index in [2.05, 4.69) is 4.98 Å². The molecule has 2 rings (SSSR count). The van der Waals surface area contributed by atoms with Gasteiger partial charge in [0.15, 0.2) is 11.6 Å². The van der Waals surface area contributed by atoms with E-state index in [4.69, 9.17) is 22.1 Å². The molecule has 0 saturated carbocycles. The molecule has 0 bridgehead atoms. The van der Waals surface area contributed by atoms with E-state index in [-0.39, 0.29) is 5.75 Å². The number of pyridine rings is 1. The van der Waals surface area contributed by atoms with Crippen LogP contribution in [0.4, 0.5) is 10.1 Å². The largest absolute Gasteiger partial charge is 0.453 e. The van der Waals surface area contributed by atoms with Gasteiger partial charge < -0.3 is 10.5 Å². The lowest BCUT2D eigenvalue weighted by atomic mass is 10.3. The monoisotopic (exact) mass is 238 g/mol. The van der Waals surface area contributed by atoms with Gasteiger partial charge in [-0.2, -0.15) is 0 Å². The van der Waals surface area contributed by atoms with Gasteiger partial charge in [0.25, 0.3) is 0 Å². The van der Waals surface area contributed by atoms with Crippen LogP contribution in [0.25, 0.3) is 0 Å². The first kappa shape index (κ1) is 10.7. The first-order chi connectivity index (χ1) is 7.66. The zero-order chi connectivity index (χ0) is 11.5. The highest BCUT2D eigenvalue weighted by Crippen LogP contribution is 2.30. The summed E-state index contributed by atoms with van der Waals surface area (Å²) >= 11 is 5.82. The quantitative estimate of drug-likeness (QED) is 0.817. The third-order valence-electron chi connectivity index (χ3n) is 1.91. The van der Waals surface area contributed by atoms with Crippen molar-refractivity contribution in [3.8, 4) is 11.5 Å². The molecule has 0 spiro atoms. The Kier molecular flexibility index (Phi) is 2.92. The van der Waals surface area contributed by atoms with Gasteiger partial charge in [-0.05, 0) is 12.1 Å². The number of hydrogen-bond donors (Lipinski definition) is 1. The molecule has 0 fully saturated rings. The summed E-state index contributed by atoms with van der Waals surface area (Å²) in [5.74, 6) is -0.115. The van der Waals surface area contributed by atoms with Crippen molar-refractivity contribution in [3.63, 3.8) is 0 Å². The van der Waals surface area contributed by atoms with E-state index in [9.17, 15) is 4.39 Å². The highest BCUT2D eigenvalue weighted by molar-refractivity contribution is 6.31. The molecule has 1 heterocycles. The normalized spacial score (nSPS) is 10.1. The Morgan fingerprint density at radius 3 is 2.75 bits per heavy atom. The number of benzene rings is 1. The van der Waals surface area contributed by atoms with E-state index in [1.54, 1.807) is 12.1 Å². The Morgan fingerprint density at radius 2 is 2.06 bits per heavy atom. The minimum atomic E-state index is -0.534. The molecule has 2 aromatic rings. The van der Waals surface area contributed by atoms with Gasteiger partial charge in [0.2, 0.25) is 0 Å². The Hall–Kier alpha value is -1.81. The number of ether oxygens (including phenoxy) is 1. The van der Waals surface area contributed by atoms with E-state index in [1.807, 2.05) is 0 Å². The maximum absolute atomic E-state index is 13.4. The van der Waals surface area contributed by atoms with Crippen molar-refractivity contribution in [1.29, 1.82) is 0 Å². The molecule has 0 saturated heterocycles. The molecule has 0 aliphatic rings. The first-order valence-electron chi connectivity index (χ1n) is 4.49. The van der Waals surface area contributed by atoms with Crippen molar-refractivity contribution < 1.29 is 9.13 Å². The number of hydrogen-bond acceptors (Lipinski definition) is 3. The second-order valence-corrected chi connectivity index (χ2v) is 3.51. The predicted octanol–water partition coefficient (Wildman–Crippen LogP) is 3.25.